The van der Waals surface area contributed by atoms with Crippen molar-refractivity contribution in [3.05, 3.63) is 0 Å². The molecule has 2 amide bonds. The van der Waals surface area contributed by atoms with E-state index >= 15 is 0 Å². The number of carbonyl (C=O) groups excluding carboxylic acids is 2. The first kappa shape index (κ1) is 15.8. The van der Waals surface area contributed by atoms with Crippen LogP contribution in [0, 0.1) is 17.8 Å². The van der Waals surface area contributed by atoms with Crippen LogP contribution < -0.4 is 0 Å². The molecular formula is C17H28N2O3. The predicted octanol–water partition coefficient (Wildman–Crippen LogP) is 1.52. The summed E-state index contributed by atoms with van der Waals surface area (Å²) in [4.78, 5) is 28.9. The van der Waals surface area contributed by atoms with Crippen LogP contribution in [0.3, 0.4) is 0 Å². The van der Waals surface area contributed by atoms with Gasteiger partial charge in [-0.1, -0.05) is 13.8 Å². The average molecular weight is 308 g/mol. The van der Waals surface area contributed by atoms with Crippen LogP contribution in [0.1, 0.15) is 39.5 Å². The molecule has 5 heteroatoms. The van der Waals surface area contributed by atoms with Crippen molar-refractivity contribution in [1.29, 1.82) is 0 Å². The Kier molecular flexibility index (Phi) is 4.19. The fourth-order valence-electron chi connectivity index (χ4n) is 4.16. The van der Waals surface area contributed by atoms with E-state index in [-0.39, 0.29) is 23.3 Å². The fourth-order valence-corrected chi connectivity index (χ4v) is 4.16. The Morgan fingerprint density at radius 1 is 1.32 bits per heavy atom. The molecule has 0 aromatic heterocycles. The third-order valence-corrected chi connectivity index (χ3v) is 5.63. The first-order valence-corrected chi connectivity index (χ1v) is 8.56. The van der Waals surface area contributed by atoms with Crippen molar-refractivity contribution in [1.82, 2.24) is 9.80 Å². The first-order chi connectivity index (χ1) is 10.4. The lowest BCUT2D eigenvalue weighted by Gasteiger charge is -2.40. The zero-order valence-corrected chi connectivity index (χ0v) is 14.0. The minimum atomic E-state index is -0.220. The quantitative estimate of drug-likeness (QED) is 0.774. The topological polar surface area (TPSA) is 49.9 Å². The Bertz CT molecular complexity index is 453. The highest BCUT2D eigenvalue weighted by Crippen LogP contribution is 2.40. The molecule has 0 bridgehead atoms. The molecule has 2 saturated heterocycles. The van der Waals surface area contributed by atoms with Gasteiger partial charge < -0.3 is 14.5 Å². The van der Waals surface area contributed by atoms with Gasteiger partial charge in [-0.05, 0) is 25.2 Å². The summed E-state index contributed by atoms with van der Waals surface area (Å²) in [6.45, 7) is 7.29. The second-order valence-electron chi connectivity index (χ2n) is 7.72. The number of nitrogens with zero attached hydrogens (tertiary/aromatic N) is 2. The van der Waals surface area contributed by atoms with E-state index in [9.17, 15) is 9.59 Å². The van der Waals surface area contributed by atoms with Gasteiger partial charge in [-0.15, -0.1) is 0 Å². The molecule has 2 aliphatic heterocycles. The van der Waals surface area contributed by atoms with Crippen LogP contribution in [0.2, 0.25) is 0 Å². The maximum atomic E-state index is 12.5. The van der Waals surface area contributed by atoms with Crippen molar-refractivity contribution in [3.8, 4) is 0 Å². The molecule has 124 valence electrons. The van der Waals surface area contributed by atoms with E-state index in [1.807, 2.05) is 9.80 Å². The van der Waals surface area contributed by atoms with E-state index in [0.29, 0.717) is 24.8 Å². The SMILES string of the molecule is COC1(CC(=O)N2C[C@H]3CN(CC(C)C)C(=O)[C@H]3C2)CCC1. The van der Waals surface area contributed by atoms with Gasteiger partial charge in [0.05, 0.1) is 17.9 Å². The number of rotatable bonds is 5. The molecule has 3 aliphatic rings. The molecule has 0 radical (unpaired) electrons. The Hall–Kier alpha value is -1.10. The second-order valence-corrected chi connectivity index (χ2v) is 7.72. The smallest absolute Gasteiger partial charge is 0.227 e. The minimum absolute atomic E-state index is 0.0302. The number of hydrogen-bond donors (Lipinski definition) is 0. The molecule has 0 aromatic carbocycles. The summed E-state index contributed by atoms with van der Waals surface area (Å²) in [5.41, 5.74) is -0.220. The standard InChI is InChI=1S/C17H28N2O3/c1-12(2)8-19-10-13-9-18(11-14(13)16(19)21)15(20)7-17(22-3)5-4-6-17/h12-14H,4-11H2,1-3H3/t13-,14-/m0/s1. The lowest BCUT2D eigenvalue weighted by molar-refractivity contribution is -0.143. The normalized spacial score (nSPS) is 29.9. The van der Waals surface area contributed by atoms with E-state index in [1.54, 1.807) is 7.11 Å². The lowest BCUT2D eigenvalue weighted by Crippen LogP contribution is -2.45. The van der Waals surface area contributed by atoms with E-state index in [2.05, 4.69) is 13.8 Å². The second kappa shape index (κ2) is 5.84. The molecule has 2 atom stereocenters. The summed E-state index contributed by atoms with van der Waals surface area (Å²) in [5, 5.41) is 0. The summed E-state index contributed by atoms with van der Waals surface area (Å²) < 4.78 is 5.56. The largest absolute Gasteiger partial charge is 0.378 e. The molecule has 1 aliphatic carbocycles. The van der Waals surface area contributed by atoms with Gasteiger partial charge in [-0.3, -0.25) is 9.59 Å². The molecule has 0 aromatic rings. The molecule has 1 saturated carbocycles. The van der Waals surface area contributed by atoms with Gasteiger partial charge >= 0.3 is 0 Å². The number of likely N-dealkylation sites (tertiary alicyclic amines) is 2. The van der Waals surface area contributed by atoms with Crippen LogP contribution in [0.4, 0.5) is 0 Å². The molecule has 3 fully saturated rings. The zero-order valence-electron chi connectivity index (χ0n) is 14.0. The zero-order chi connectivity index (χ0) is 15.9. The summed E-state index contributed by atoms with van der Waals surface area (Å²) in [5.74, 6) is 1.27. The third kappa shape index (κ3) is 2.75. The predicted molar refractivity (Wildman–Crippen MR) is 83.2 cm³/mol. The Balaban J connectivity index is 1.56. The van der Waals surface area contributed by atoms with Gasteiger partial charge in [0.1, 0.15) is 0 Å². The number of methoxy groups -OCH3 is 1. The Morgan fingerprint density at radius 3 is 2.55 bits per heavy atom. The number of carbonyl (C=O) groups is 2. The van der Waals surface area contributed by atoms with Gasteiger partial charge in [-0.25, -0.2) is 0 Å². The van der Waals surface area contributed by atoms with Crippen LogP contribution >= 0.6 is 0 Å². The first-order valence-electron chi connectivity index (χ1n) is 8.56. The maximum Gasteiger partial charge on any atom is 0.227 e. The monoisotopic (exact) mass is 308 g/mol. The number of ether oxygens (including phenoxy) is 1. The van der Waals surface area contributed by atoms with Crippen molar-refractivity contribution in [2.24, 2.45) is 17.8 Å². The Labute approximate surface area is 133 Å². The molecule has 0 N–H and O–H groups in total. The van der Waals surface area contributed by atoms with Crippen molar-refractivity contribution in [3.63, 3.8) is 0 Å². The van der Waals surface area contributed by atoms with Crippen LogP contribution in [-0.4, -0.2) is 60.5 Å². The van der Waals surface area contributed by atoms with E-state index in [0.717, 1.165) is 38.9 Å². The van der Waals surface area contributed by atoms with Gasteiger partial charge in [0, 0.05) is 39.2 Å². The summed E-state index contributed by atoms with van der Waals surface area (Å²) >= 11 is 0. The lowest BCUT2D eigenvalue weighted by atomic mass is 9.77. The third-order valence-electron chi connectivity index (χ3n) is 5.63. The highest BCUT2D eigenvalue weighted by Gasteiger charge is 2.48. The van der Waals surface area contributed by atoms with Crippen LogP contribution in [0.5, 0.6) is 0 Å². The number of hydrogen-bond acceptors (Lipinski definition) is 3. The van der Waals surface area contributed by atoms with E-state index in [1.165, 1.54) is 0 Å². The molecule has 0 unspecified atom stereocenters. The highest BCUT2D eigenvalue weighted by molar-refractivity contribution is 5.84. The van der Waals surface area contributed by atoms with Crippen LogP contribution in [-0.2, 0) is 14.3 Å². The van der Waals surface area contributed by atoms with E-state index < -0.39 is 0 Å². The molecule has 0 spiro atoms. The summed E-state index contributed by atoms with van der Waals surface area (Å²) in [7, 11) is 1.71. The van der Waals surface area contributed by atoms with Crippen LogP contribution in [0.15, 0.2) is 0 Å². The molecule has 3 rings (SSSR count). The maximum absolute atomic E-state index is 12.5. The highest BCUT2D eigenvalue weighted by atomic mass is 16.5. The number of amides is 2. The fraction of sp³-hybridized carbons (Fsp3) is 0.882. The average Bonchev–Trinajstić information content (AvgIpc) is 2.95. The van der Waals surface area contributed by atoms with Gasteiger partial charge in [0.2, 0.25) is 11.8 Å². The molecule has 22 heavy (non-hydrogen) atoms. The van der Waals surface area contributed by atoms with Gasteiger partial charge in [0.15, 0.2) is 0 Å². The molecule has 5 nitrogen and oxygen atoms in total. The molecular weight excluding hydrogens is 280 g/mol. The Morgan fingerprint density at radius 2 is 2.05 bits per heavy atom. The van der Waals surface area contributed by atoms with Gasteiger partial charge in [-0.2, -0.15) is 0 Å². The van der Waals surface area contributed by atoms with Crippen molar-refractivity contribution in [2.45, 2.75) is 45.1 Å². The van der Waals surface area contributed by atoms with Crippen molar-refractivity contribution >= 4 is 11.8 Å². The summed E-state index contributed by atoms with van der Waals surface area (Å²) in [6, 6.07) is 0. The van der Waals surface area contributed by atoms with Crippen molar-refractivity contribution < 1.29 is 14.3 Å². The van der Waals surface area contributed by atoms with Gasteiger partial charge in [0.25, 0.3) is 0 Å². The summed E-state index contributed by atoms with van der Waals surface area (Å²) in [6.07, 6.45) is 3.59. The van der Waals surface area contributed by atoms with E-state index in [4.69, 9.17) is 4.74 Å². The van der Waals surface area contributed by atoms with Crippen LogP contribution in [0.25, 0.3) is 0 Å². The number of fused-ring (bicyclic) bond motifs is 1. The van der Waals surface area contributed by atoms with Crippen molar-refractivity contribution in [2.75, 3.05) is 33.3 Å². The minimum Gasteiger partial charge on any atom is -0.378 e. The molecule has 2 heterocycles.